The van der Waals surface area contributed by atoms with Gasteiger partial charge in [-0.25, -0.2) is 17.2 Å². The highest BCUT2D eigenvalue weighted by molar-refractivity contribution is 7.92. The number of aryl methyl sites for hydroxylation is 2. The highest BCUT2D eigenvalue weighted by Gasteiger charge is 2.30. The van der Waals surface area contributed by atoms with Crippen LogP contribution in [-0.2, 0) is 14.8 Å². The van der Waals surface area contributed by atoms with Crippen molar-refractivity contribution in [1.29, 1.82) is 0 Å². The third-order valence-corrected chi connectivity index (χ3v) is 5.75. The molecule has 2 rings (SSSR count). The van der Waals surface area contributed by atoms with Gasteiger partial charge in [0.05, 0.1) is 18.0 Å². The molecule has 2 atom stereocenters. The number of halogens is 2. The first-order valence-electron chi connectivity index (χ1n) is 8.73. The molecule has 0 spiro atoms. The molecule has 28 heavy (non-hydrogen) atoms. The van der Waals surface area contributed by atoms with Crippen LogP contribution in [0.25, 0.3) is 0 Å². The fraction of sp³-hybridized carbons (Fsp3) is 0.350. The molecule has 1 N–H and O–H groups in total. The lowest BCUT2D eigenvalue weighted by Gasteiger charge is -2.29. The number of nitrogens with zero attached hydrogens (tertiary/aromatic N) is 1. The summed E-state index contributed by atoms with van der Waals surface area (Å²) in [5.74, 6) is -2.84. The molecule has 0 aliphatic carbocycles. The highest BCUT2D eigenvalue weighted by atomic mass is 32.2. The predicted octanol–water partition coefficient (Wildman–Crippen LogP) is 3.61. The first-order valence-corrected chi connectivity index (χ1v) is 10.6. The average Bonchev–Trinajstić information content (AvgIpc) is 2.58. The van der Waals surface area contributed by atoms with Crippen molar-refractivity contribution in [2.24, 2.45) is 0 Å². The SMILES string of the molecule is Cc1ccc(C)c([C@H](C)NC(=O)[C@H](C)N(c2ccc(F)c(F)c2)S(C)(=O)=O)c1. The summed E-state index contributed by atoms with van der Waals surface area (Å²) in [6, 6.07) is 7.05. The first-order chi connectivity index (χ1) is 12.9. The number of anilines is 1. The molecule has 0 fully saturated rings. The van der Waals surface area contributed by atoms with E-state index in [4.69, 9.17) is 0 Å². The Labute approximate surface area is 164 Å². The maximum Gasteiger partial charge on any atom is 0.244 e. The van der Waals surface area contributed by atoms with E-state index in [0.717, 1.165) is 45.5 Å². The molecule has 0 aromatic heterocycles. The summed E-state index contributed by atoms with van der Waals surface area (Å²) in [5, 5.41) is 2.80. The summed E-state index contributed by atoms with van der Waals surface area (Å²) >= 11 is 0. The lowest BCUT2D eigenvalue weighted by atomic mass is 10.00. The van der Waals surface area contributed by atoms with Crippen molar-refractivity contribution in [3.63, 3.8) is 0 Å². The van der Waals surface area contributed by atoms with E-state index in [1.807, 2.05) is 32.0 Å². The molecule has 152 valence electrons. The van der Waals surface area contributed by atoms with Crippen LogP contribution in [0.4, 0.5) is 14.5 Å². The fourth-order valence-corrected chi connectivity index (χ4v) is 4.24. The quantitative estimate of drug-likeness (QED) is 0.791. The van der Waals surface area contributed by atoms with E-state index in [9.17, 15) is 22.0 Å². The molecule has 0 aliphatic rings. The Kier molecular flexibility index (Phi) is 6.44. The molecule has 0 heterocycles. The van der Waals surface area contributed by atoms with Crippen molar-refractivity contribution in [2.75, 3.05) is 10.6 Å². The number of rotatable bonds is 6. The van der Waals surface area contributed by atoms with E-state index in [-0.39, 0.29) is 11.7 Å². The number of benzene rings is 2. The molecule has 0 unspecified atom stereocenters. The summed E-state index contributed by atoms with van der Waals surface area (Å²) in [4.78, 5) is 12.8. The molecule has 1 amide bonds. The van der Waals surface area contributed by atoms with E-state index in [0.29, 0.717) is 0 Å². The van der Waals surface area contributed by atoms with E-state index in [1.165, 1.54) is 6.92 Å². The third kappa shape index (κ3) is 4.86. The number of carbonyl (C=O) groups is 1. The smallest absolute Gasteiger partial charge is 0.244 e. The number of nitrogens with one attached hydrogen (secondary N) is 1. The Morgan fingerprint density at radius 3 is 2.25 bits per heavy atom. The lowest BCUT2D eigenvalue weighted by Crippen LogP contribution is -2.48. The maximum absolute atomic E-state index is 13.6. The fourth-order valence-electron chi connectivity index (χ4n) is 3.07. The molecular weight excluding hydrogens is 386 g/mol. The minimum atomic E-state index is -3.92. The lowest BCUT2D eigenvalue weighted by molar-refractivity contribution is -0.122. The molecule has 0 radical (unpaired) electrons. The van der Waals surface area contributed by atoms with Gasteiger partial charge < -0.3 is 5.32 Å². The summed E-state index contributed by atoms with van der Waals surface area (Å²) in [5.41, 5.74) is 2.82. The molecule has 5 nitrogen and oxygen atoms in total. The topological polar surface area (TPSA) is 66.5 Å². The first kappa shape index (κ1) is 21.8. The van der Waals surface area contributed by atoms with Gasteiger partial charge in [-0.15, -0.1) is 0 Å². The summed E-state index contributed by atoms with van der Waals surface area (Å²) in [6.07, 6.45) is 0.909. The molecule has 0 bridgehead atoms. The van der Waals surface area contributed by atoms with Gasteiger partial charge in [0.1, 0.15) is 6.04 Å². The zero-order valence-electron chi connectivity index (χ0n) is 16.5. The van der Waals surface area contributed by atoms with Crippen LogP contribution in [0, 0.1) is 25.5 Å². The van der Waals surface area contributed by atoms with Crippen LogP contribution in [0.5, 0.6) is 0 Å². The maximum atomic E-state index is 13.6. The number of sulfonamides is 1. The Balaban J connectivity index is 2.31. The van der Waals surface area contributed by atoms with Crippen molar-refractivity contribution in [3.8, 4) is 0 Å². The van der Waals surface area contributed by atoms with Crippen molar-refractivity contribution < 1.29 is 22.0 Å². The third-order valence-electron chi connectivity index (χ3n) is 4.51. The van der Waals surface area contributed by atoms with Crippen LogP contribution in [-0.4, -0.2) is 26.6 Å². The monoisotopic (exact) mass is 410 g/mol. The van der Waals surface area contributed by atoms with Crippen LogP contribution < -0.4 is 9.62 Å². The van der Waals surface area contributed by atoms with Gasteiger partial charge in [0.25, 0.3) is 0 Å². The van der Waals surface area contributed by atoms with Gasteiger partial charge in [-0.3, -0.25) is 9.10 Å². The van der Waals surface area contributed by atoms with Gasteiger partial charge in [-0.2, -0.15) is 0 Å². The van der Waals surface area contributed by atoms with Crippen molar-refractivity contribution >= 4 is 21.6 Å². The second-order valence-electron chi connectivity index (χ2n) is 6.92. The molecular formula is C20H24F2N2O3S. The average molecular weight is 410 g/mol. The summed E-state index contributed by atoms with van der Waals surface area (Å²) in [7, 11) is -3.92. The second-order valence-corrected chi connectivity index (χ2v) is 8.78. The van der Waals surface area contributed by atoms with Crippen molar-refractivity contribution in [3.05, 3.63) is 64.7 Å². The van der Waals surface area contributed by atoms with Gasteiger partial charge in [-0.1, -0.05) is 23.8 Å². The normalized spacial score (nSPS) is 13.7. The minimum absolute atomic E-state index is 0.122. The Bertz CT molecular complexity index is 993. The van der Waals surface area contributed by atoms with E-state index in [2.05, 4.69) is 5.32 Å². The molecule has 0 saturated heterocycles. The predicted molar refractivity (Wildman–Crippen MR) is 106 cm³/mol. The van der Waals surface area contributed by atoms with Gasteiger partial charge in [0.2, 0.25) is 15.9 Å². The summed E-state index contributed by atoms with van der Waals surface area (Å²) in [6.45, 7) is 7.06. The zero-order chi connectivity index (χ0) is 21.2. The van der Waals surface area contributed by atoms with Gasteiger partial charge in [-0.05, 0) is 51.0 Å². The molecule has 8 heteroatoms. The highest BCUT2D eigenvalue weighted by Crippen LogP contribution is 2.24. The number of hydrogen-bond acceptors (Lipinski definition) is 3. The number of hydrogen-bond donors (Lipinski definition) is 1. The van der Waals surface area contributed by atoms with Crippen LogP contribution >= 0.6 is 0 Å². The van der Waals surface area contributed by atoms with Crippen LogP contribution in [0.3, 0.4) is 0 Å². The van der Waals surface area contributed by atoms with E-state index >= 15 is 0 Å². The molecule has 2 aromatic carbocycles. The molecule has 0 aliphatic heterocycles. The van der Waals surface area contributed by atoms with Gasteiger partial charge in [0.15, 0.2) is 11.6 Å². The molecule has 2 aromatic rings. The Morgan fingerprint density at radius 2 is 1.68 bits per heavy atom. The van der Waals surface area contributed by atoms with E-state index < -0.39 is 33.6 Å². The van der Waals surface area contributed by atoms with Crippen LogP contribution in [0.1, 0.15) is 36.6 Å². The minimum Gasteiger partial charge on any atom is -0.348 e. The van der Waals surface area contributed by atoms with Crippen LogP contribution in [0.15, 0.2) is 36.4 Å². The molecule has 0 saturated carbocycles. The number of amides is 1. The summed E-state index contributed by atoms with van der Waals surface area (Å²) < 4.78 is 52.1. The zero-order valence-corrected chi connectivity index (χ0v) is 17.3. The number of carbonyl (C=O) groups excluding carboxylic acids is 1. The Hall–Kier alpha value is -2.48. The largest absolute Gasteiger partial charge is 0.348 e. The van der Waals surface area contributed by atoms with Crippen LogP contribution in [0.2, 0.25) is 0 Å². The second kappa shape index (κ2) is 8.26. The van der Waals surface area contributed by atoms with Gasteiger partial charge >= 0.3 is 0 Å². The standard InChI is InChI=1S/C20H24F2N2O3S/c1-12-6-7-13(2)17(10-12)14(3)23-20(25)15(4)24(28(5,26)27)16-8-9-18(21)19(22)11-16/h6-11,14-15H,1-5H3,(H,23,25)/t14-,15-/m0/s1. The van der Waals surface area contributed by atoms with Gasteiger partial charge in [0, 0.05) is 6.07 Å². The van der Waals surface area contributed by atoms with Crippen molar-refractivity contribution in [1.82, 2.24) is 5.32 Å². The van der Waals surface area contributed by atoms with Crippen molar-refractivity contribution in [2.45, 2.75) is 39.8 Å². The Morgan fingerprint density at radius 1 is 1.04 bits per heavy atom. The van der Waals surface area contributed by atoms with E-state index in [1.54, 1.807) is 6.92 Å².